The van der Waals surface area contributed by atoms with Gasteiger partial charge in [0.25, 0.3) is 0 Å². The van der Waals surface area contributed by atoms with E-state index in [0.29, 0.717) is 24.5 Å². The third-order valence-corrected chi connectivity index (χ3v) is 6.99. The molecular formula is C29H34N6O3. The molecule has 0 spiro atoms. The van der Waals surface area contributed by atoms with Gasteiger partial charge in [-0.1, -0.05) is 13.8 Å². The molecule has 0 atom stereocenters. The molecule has 1 amide bonds. The minimum absolute atomic E-state index is 0.244. The minimum atomic E-state index is 0.244. The van der Waals surface area contributed by atoms with Crippen molar-refractivity contribution in [2.75, 3.05) is 38.8 Å². The van der Waals surface area contributed by atoms with Gasteiger partial charge in [0, 0.05) is 66.9 Å². The van der Waals surface area contributed by atoms with Crippen LogP contribution in [0.2, 0.25) is 0 Å². The quantitative estimate of drug-likeness (QED) is 0.306. The van der Waals surface area contributed by atoms with E-state index in [4.69, 9.17) is 14.5 Å². The summed E-state index contributed by atoms with van der Waals surface area (Å²) in [6.45, 7) is 6.52. The van der Waals surface area contributed by atoms with Gasteiger partial charge in [0.1, 0.15) is 11.5 Å². The van der Waals surface area contributed by atoms with E-state index in [1.165, 1.54) is 0 Å². The number of carbonyl (C=O) groups excluding carboxylic acids is 1. The van der Waals surface area contributed by atoms with E-state index >= 15 is 0 Å². The number of amides is 1. The van der Waals surface area contributed by atoms with E-state index in [9.17, 15) is 4.79 Å². The average Bonchev–Trinajstić information content (AvgIpc) is 3.59. The highest BCUT2D eigenvalue weighted by molar-refractivity contribution is 5.83. The van der Waals surface area contributed by atoms with Crippen LogP contribution in [0.15, 0.2) is 48.8 Å². The molecule has 0 aliphatic carbocycles. The average molecular weight is 515 g/mol. The number of methoxy groups -OCH3 is 2. The number of ether oxygens (including phenoxy) is 2. The largest absolute Gasteiger partial charge is 0.497 e. The first-order valence-corrected chi connectivity index (χ1v) is 13.1. The maximum Gasteiger partial charge on any atom is 0.222 e. The predicted octanol–water partition coefficient (Wildman–Crippen LogP) is 5.31. The molecule has 9 nitrogen and oxygen atoms in total. The monoisotopic (exact) mass is 514 g/mol. The van der Waals surface area contributed by atoms with Crippen molar-refractivity contribution < 1.29 is 14.3 Å². The Morgan fingerprint density at radius 2 is 1.82 bits per heavy atom. The lowest BCUT2D eigenvalue weighted by Gasteiger charge is -2.27. The number of rotatable bonds is 10. The van der Waals surface area contributed by atoms with Gasteiger partial charge < -0.3 is 19.3 Å². The normalized spacial score (nSPS) is 13.5. The molecule has 5 rings (SSSR count). The molecule has 1 saturated heterocycles. The fourth-order valence-electron chi connectivity index (χ4n) is 4.95. The highest BCUT2D eigenvalue weighted by atomic mass is 16.5. The zero-order valence-corrected chi connectivity index (χ0v) is 22.4. The van der Waals surface area contributed by atoms with Crippen LogP contribution in [-0.2, 0) is 4.79 Å². The Morgan fingerprint density at radius 3 is 2.50 bits per heavy atom. The molecule has 9 heteroatoms. The molecule has 1 aliphatic heterocycles. The number of hydrogen-bond acceptors (Lipinski definition) is 7. The summed E-state index contributed by atoms with van der Waals surface area (Å²) in [5.74, 6) is 1.96. The predicted molar refractivity (Wildman–Crippen MR) is 148 cm³/mol. The van der Waals surface area contributed by atoms with Crippen LogP contribution in [0.1, 0.15) is 44.7 Å². The molecule has 2 aromatic carbocycles. The van der Waals surface area contributed by atoms with Crippen molar-refractivity contribution >= 4 is 28.3 Å². The molecular weight excluding hydrogens is 480 g/mol. The molecule has 0 saturated carbocycles. The van der Waals surface area contributed by atoms with E-state index in [2.05, 4.69) is 46.1 Å². The Balaban J connectivity index is 1.51. The molecule has 2 aromatic heterocycles. The summed E-state index contributed by atoms with van der Waals surface area (Å²) >= 11 is 0. The molecule has 0 bridgehead atoms. The Morgan fingerprint density at radius 1 is 1.03 bits per heavy atom. The number of benzene rings is 2. The number of hydrogen-bond donors (Lipinski definition) is 1. The lowest BCUT2D eigenvalue weighted by Crippen LogP contribution is -2.29. The van der Waals surface area contributed by atoms with Crippen LogP contribution in [0.3, 0.4) is 0 Å². The van der Waals surface area contributed by atoms with Gasteiger partial charge in [0.15, 0.2) is 0 Å². The third-order valence-electron chi connectivity index (χ3n) is 6.99. The van der Waals surface area contributed by atoms with Crippen LogP contribution >= 0.6 is 0 Å². The topological polar surface area (TPSA) is 96.5 Å². The SMILES string of the molecule is COc1cc(OC)cc(N(CCCN2CCCC2=O)c2ccc3ncc(-c4cn[nH]c4C(C)C)nc3c2)c1. The number of likely N-dealkylation sites (tertiary alicyclic amines) is 1. The van der Waals surface area contributed by atoms with Gasteiger partial charge in [-0.25, -0.2) is 4.98 Å². The van der Waals surface area contributed by atoms with Crippen molar-refractivity contribution in [3.8, 4) is 22.8 Å². The number of aromatic nitrogens is 4. The smallest absolute Gasteiger partial charge is 0.222 e. The highest BCUT2D eigenvalue weighted by Gasteiger charge is 2.21. The Bertz CT molecular complexity index is 1410. The molecule has 4 aromatic rings. The van der Waals surface area contributed by atoms with Crippen LogP contribution in [0.5, 0.6) is 11.5 Å². The maximum atomic E-state index is 12.2. The third kappa shape index (κ3) is 5.27. The lowest BCUT2D eigenvalue weighted by atomic mass is 10.0. The first-order chi connectivity index (χ1) is 18.5. The fraction of sp³-hybridized carbons (Fsp3) is 0.379. The standard InChI is InChI=1S/C29H34N6O3/c1-19(2)29-24(17-31-33-29)27-18-30-25-9-8-20(15-26(25)32-27)35(12-6-11-34-10-5-7-28(34)36)21-13-22(37-3)16-23(14-21)38-4/h8-9,13-19H,5-7,10-12H2,1-4H3,(H,31,33). The molecule has 1 N–H and O–H groups in total. The molecule has 198 valence electrons. The van der Waals surface area contributed by atoms with Gasteiger partial charge in [0.05, 0.1) is 43.3 Å². The molecule has 0 unspecified atom stereocenters. The summed E-state index contributed by atoms with van der Waals surface area (Å²) in [5, 5.41) is 7.33. The number of nitrogens with zero attached hydrogens (tertiary/aromatic N) is 5. The molecule has 3 heterocycles. The summed E-state index contributed by atoms with van der Waals surface area (Å²) < 4.78 is 11.1. The molecule has 38 heavy (non-hydrogen) atoms. The number of aromatic amines is 1. The maximum absolute atomic E-state index is 12.2. The summed E-state index contributed by atoms with van der Waals surface area (Å²) in [4.78, 5) is 26.0. The summed E-state index contributed by atoms with van der Waals surface area (Å²) in [5.41, 5.74) is 6.32. The van der Waals surface area contributed by atoms with Crippen molar-refractivity contribution in [2.45, 2.75) is 39.0 Å². The van der Waals surface area contributed by atoms with Gasteiger partial charge in [0.2, 0.25) is 5.91 Å². The van der Waals surface area contributed by atoms with E-state index in [0.717, 1.165) is 65.3 Å². The fourth-order valence-corrected chi connectivity index (χ4v) is 4.95. The Labute approximate surface area is 222 Å². The second kappa shape index (κ2) is 11.1. The van der Waals surface area contributed by atoms with E-state index in [-0.39, 0.29) is 11.8 Å². The van der Waals surface area contributed by atoms with Crippen molar-refractivity contribution in [1.29, 1.82) is 0 Å². The zero-order valence-electron chi connectivity index (χ0n) is 22.4. The number of fused-ring (bicyclic) bond motifs is 1. The van der Waals surface area contributed by atoms with Crippen LogP contribution in [0.25, 0.3) is 22.3 Å². The van der Waals surface area contributed by atoms with Crippen molar-refractivity contribution in [2.24, 2.45) is 0 Å². The van der Waals surface area contributed by atoms with Crippen molar-refractivity contribution in [3.63, 3.8) is 0 Å². The first kappa shape index (κ1) is 25.5. The molecule has 1 aliphatic rings. The van der Waals surface area contributed by atoms with Gasteiger partial charge in [-0.15, -0.1) is 0 Å². The number of nitrogens with one attached hydrogen (secondary N) is 1. The number of anilines is 2. The van der Waals surface area contributed by atoms with Crippen LogP contribution in [-0.4, -0.2) is 64.8 Å². The second-order valence-corrected chi connectivity index (χ2v) is 9.84. The number of H-pyrrole nitrogens is 1. The molecule has 1 fully saturated rings. The lowest BCUT2D eigenvalue weighted by molar-refractivity contribution is -0.127. The minimum Gasteiger partial charge on any atom is -0.497 e. The van der Waals surface area contributed by atoms with E-state index < -0.39 is 0 Å². The van der Waals surface area contributed by atoms with Gasteiger partial charge >= 0.3 is 0 Å². The first-order valence-electron chi connectivity index (χ1n) is 13.1. The zero-order chi connectivity index (χ0) is 26.6. The Hall–Kier alpha value is -4.14. The van der Waals surface area contributed by atoms with E-state index in [1.54, 1.807) is 20.4 Å². The summed E-state index contributed by atoms with van der Waals surface area (Å²) in [6, 6.07) is 12.0. The molecule has 0 radical (unpaired) electrons. The van der Waals surface area contributed by atoms with Crippen LogP contribution < -0.4 is 14.4 Å². The highest BCUT2D eigenvalue weighted by Crippen LogP contribution is 2.35. The van der Waals surface area contributed by atoms with Gasteiger partial charge in [-0.3, -0.25) is 14.9 Å². The van der Waals surface area contributed by atoms with Crippen LogP contribution in [0, 0.1) is 0 Å². The van der Waals surface area contributed by atoms with Crippen molar-refractivity contribution in [1.82, 2.24) is 25.1 Å². The van der Waals surface area contributed by atoms with Gasteiger partial charge in [-0.2, -0.15) is 5.10 Å². The van der Waals surface area contributed by atoms with Gasteiger partial charge in [-0.05, 0) is 37.0 Å². The van der Waals surface area contributed by atoms with Crippen molar-refractivity contribution in [3.05, 3.63) is 54.5 Å². The van der Waals surface area contributed by atoms with E-state index in [1.807, 2.05) is 35.4 Å². The second-order valence-electron chi connectivity index (χ2n) is 9.84. The summed E-state index contributed by atoms with van der Waals surface area (Å²) in [6.07, 6.45) is 6.02. The summed E-state index contributed by atoms with van der Waals surface area (Å²) in [7, 11) is 3.30. The van der Waals surface area contributed by atoms with Crippen LogP contribution in [0.4, 0.5) is 11.4 Å². The Kier molecular flexibility index (Phi) is 7.44. The number of carbonyl (C=O) groups is 1.